The predicted molar refractivity (Wildman–Crippen MR) is 69.1 cm³/mol. The summed E-state index contributed by atoms with van der Waals surface area (Å²) in [6, 6.07) is 5.88. The highest BCUT2D eigenvalue weighted by atomic mass is 35.5. The van der Waals surface area contributed by atoms with E-state index >= 15 is 0 Å². The van der Waals surface area contributed by atoms with E-state index in [9.17, 15) is 13.2 Å². The van der Waals surface area contributed by atoms with Crippen LogP contribution in [0.4, 0.5) is 18.9 Å². The van der Waals surface area contributed by atoms with Gasteiger partial charge in [-0.3, -0.25) is 0 Å². The molecular weight excluding hydrogens is 277 g/mol. The molecule has 0 amide bonds. The van der Waals surface area contributed by atoms with Crippen molar-refractivity contribution in [3.8, 4) is 6.07 Å². The van der Waals surface area contributed by atoms with Gasteiger partial charge in [0.25, 0.3) is 0 Å². The van der Waals surface area contributed by atoms with Gasteiger partial charge in [0.05, 0.1) is 18.1 Å². The second-order valence-electron chi connectivity index (χ2n) is 4.30. The van der Waals surface area contributed by atoms with Gasteiger partial charge in [0.15, 0.2) is 0 Å². The first kappa shape index (κ1) is 15.6. The first-order chi connectivity index (χ1) is 8.81. The normalized spacial score (nSPS) is 12.9. The highest BCUT2D eigenvalue weighted by Gasteiger charge is 2.33. The molecule has 0 saturated carbocycles. The van der Waals surface area contributed by atoms with E-state index in [1.165, 1.54) is 6.07 Å². The van der Waals surface area contributed by atoms with E-state index in [1.54, 1.807) is 24.9 Å². The molecule has 0 saturated heterocycles. The van der Waals surface area contributed by atoms with Crippen LogP contribution in [0.15, 0.2) is 18.2 Å². The monoisotopic (exact) mass is 290 g/mol. The van der Waals surface area contributed by atoms with Crippen LogP contribution >= 0.6 is 11.6 Å². The van der Waals surface area contributed by atoms with E-state index in [2.05, 4.69) is 0 Å². The number of hydrogen-bond acceptors (Lipinski definition) is 2. The van der Waals surface area contributed by atoms with Crippen LogP contribution in [0.5, 0.6) is 0 Å². The van der Waals surface area contributed by atoms with Crippen molar-refractivity contribution >= 4 is 17.3 Å². The lowest BCUT2D eigenvalue weighted by atomic mass is 10.1. The predicted octanol–water partition coefficient (Wildman–Crippen LogP) is 4.18. The van der Waals surface area contributed by atoms with Crippen molar-refractivity contribution in [2.45, 2.75) is 31.4 Å². The fourth-order valence-electron chi connectivity index (χ4n) is 1.69. The van der Waals surface area contributed by atoms with Crippen molar-refractivity contribution in [2.75, 3.05) is 11.9 Å². The van der Waals surface area contributed by atoms with Crippen LogP contribution in [0.3, 0.4) is 0 Å². The second kappa shape index (κ2) is 6.16. The molecule has 1 rings (SSSR count). The van der Waals surface area contributed by atoms with E-state index in [1.807, 2.05) is 6.07 Å². The first-order valence-electron chi connectivity index (χ1n) is 5.67. The third-order valence-corrected chi connectivity index (χ3v) is 3.29. The third-order valence-electron chi connectivity index (χ3n) is 3.00. The zero-order chi connectivity index (χ0) is 14.6. The number of halogens is 4. The molecule has 0 spiro atoms. The van der Waals surface area contributed by atoms with Crippen LogP contribution in [-0.4, -0.2) is 13.1 Å². The number of alkyl halides is 4. The first-order valence-corrected chi connectivity index (χ1v) is 6.20. The van der Waals surface area contributed by atoms with Gasteiger partial charge < -0.3 is 4.90 Å². The molecule has 0 bridgehead atoms. The van der Waals surface area contributed by atoms with Crippen molar-refractivity contribution in [3.05, 3.63) is 29.3 Å². The van der Waals surface area contributed by atoms with Crippen LogP contribution in [0.1, 0.15) is 24.5 Å². The molecule has 0 heterocycles. The zero-order valence-electron chi connectivity index (χ0n) is 10.6. The minimum atomic E-state index is -4.43. The Balaban J connectivity index is 3.15. The number of rotatable bonds is 4. The van der Waals surface area contributed by atoms with Gasteiger partial charge >= 0.3 is 6.18 Å². The largest absolute Gasteiger partial charge is 0.416 e. The maximum atomic E-state index is 12.9. The summed E-state index contributed by atoms with van der Waals surface area (Å²) < 4.78 is 38.7. The summed E-state index contributed by atoms with van der Waals surface area (Å²) in [6.45, 7) is 1.78. The third kappa shape index (κ3) is 3.77. The molecule has 6 heteroatoms. The summed E-state index contributed by atoms with van der Waals surface area (Å²) >= 11 is 5.53. The fourth-order valence-corrected chi connectivity index (χ4v) is 1.92. The lowest BCUT2D eigenvalue weighted by molar-refractivity contribution is -0.138. The van der Waals surface area contributed by atoms with Crippen molar-refractivity contribution < 1.29 is 13.2 Å². The SMILES string of the molecule is CC(CC#N)N(C)c1ccc(CCl)c(C(F)(F)F)c1. The lowest BCUT2D eigenvalue weighted by Gasteiger charge is -2.26. The highest BCUT2D eigenvalue weighted by molar-refractivity contribution is 6.17. The molecule has 1 aromatic carbocycles. The zero-order valence-corrected chi connectivity index (χ0v) is 11.4. The van der Waals surface area contributed by atoms with Crippen LogP contribution < -0.4 is 4.90 Å². The fraction of sp³-hybridized carbons (Fsp3) is 0.462. The van der Waals surface area contributed by atoms with Crippen LogP contribution in [0, 0.1) is 11.3 Å². The Morgan fingerprint density at radius 3 is 2.53 bits per heavy atom. The van der Waals surface area contributed by atoms with E-state index in [0.29, 0.717) is 5.69 Å². The molecule has 1 aromatic rings. The molecule has 2 nitrogen and oxygen atoms in total. The summed E-state index contributed by atoms with van der Waals surface area (Å²) in [6.07, 6.45) is -4.19. The molecule has 0 radical (unpaired) electrons. The minimum absolute atomic E-state index is 0.0549. The van der Waals surface area contributed by atoms with Gasteiger partial charge in [-0.05, 0) is 24.6 Å². The average molecular weight is 291 g/mol. The molecule has 0 aliphatic heterocycles. The quantitative estimate of drug-likeness (QED) is 0.778. The van der Waals surface area contributed by atoms with Crippen LogP contribution in [0.2, 0.25) is 0 Å². The highest BCUT2D eigenvalue weighted by Crippen LogP contribution is 2.35. The van der Waals surface area contributed by atoms with E-state index < -0.39 is 11.7 Å². The van der Waals surface area contributed by atoms with Crippen molar-refractivity contribution in [1.82, 2.24) is 0 Å². The lowest BCUT2D eigenvalue weighted by Crippen LogP contribution is -2.28. The standard InChI is InChI=1S/C13H14ClF3N2/c1-9(5-6-18)19(2)11-4-3-10(8-14)12(7-11)13(15,16)17/h3-4,7,9H,5,8H2,1-2H3. The van der Waals surface area contributed by atoms with Gasteiger partial charge in [0.2, 0.25) is 0 Å². The molecule has 1 unspecified atom stereocenters. The molecule has 0 N–H and O–H groups in total. The average Bonchev–Trinajstić information content (AvgIpc) is 2.36. The molecule has 0 aliphatic rings. The second-order valence-corrected chi connectivity index (χ2v) is 4.56. The smallest absolute Gasteiger partial charge is 0.371 e. The van der Waals surface area contributed by atoms with E-state index in [-0.39, 0.29) is 23.9 Å². The van der Waals surface area contributed by atoms with Gasteiger partial charge in [0, 0.05) is 24.7 Å². The Morgan fingerprint density at radius 2 is 2.05 bits per heavy atom. The Morgan fingerprint density at radius 1 is 1.42 bits per heavy atom. The summed E-state index contributed by atoms with van der Waals surface area (Å²) in [5.41, 5.74) is -0.251. The molecule has 0 fully saturated rings. The minimum Gasteiger partial charge on any atom is -0.371 e. The molecule has 0 aromatic heterocycles. The summed E-state index contributed by atoms with van der Waals surface area (Å²) in [5, 5.41) is 8.62. The van der Waals surface area contributed by atoms with Crippen LogP contribution in [0.25, 0.3) is 0 Å². The maximum Gasteiger partial charge on any atom is 0.416 e. The Bertz CT molecular complexity index is 480. The number of anilines is 1. The van der Waals surface area contributed by atoms with Gasteiger partial charge in [-0.1, -0.05) is 6.07 Å². The Kier molecular flexibility index (Phi) is 5.07. The Hall–Kier alpha value is -1.41. The van der Waals surface area contributed by atoms with E-state index in [0.717, 1.165) is 6.07 Å². The van der Waals surface area contributed by atoms with Gasteiger partial charge in [0.1, 0.15) is 0 Å². The molecule has 1 atom stereocenters. The summed E-state index contributed by atoms with van der Waals surface area (Å²) in [5.74, 6) is -0.188. The van der Waals surface area contributed by atoms with Gasteiger partial charge in [-0.2, -0.15) is 18.4 Å². The molecular formula is C13H14ClF3N2. The van der Waals surface area contributed by atoms with Crippen molar-refractivity contribution in [1.29, 1.82) is 5.26 Å². The van der Waals surface area contributed by atoms with Crippen molar-refractivity contribution in [2.24, 2.45) is 0 Å². The van der Waals surface area contributed by atoms with Crippen LogP contribution in [-0.2, 0) is 12.1 Å². The topological polar surface area (TPSA) is 27.0 Å². The number of benzene rings is 1. The molecule has 104 valence electrons. The van der Waals surface area contributed by atoms with Gasteiger partial charge in [-0.25, -0.2) is 0 Å². The summed E-state index contributed by atoms with van der Waals surface area (Å²) in [7, 11) is 1.66. The number of nitriles is 1. The maximum absolute atomic E-state index is 12.9. The van der Waals surface area contributed by atoms with E-state index in [4.69, 9.17) is 16.9 Å². The molecule has 19 heavy (non-hydrogen) atoms. The summed E-state index contributed by atoms with van der Waals surface area (Å²) in [4.78, 5) is 1.65. The molecule has 0 aliphatic carbocycles. The number of nitrogens with zero attached hydrogens (tertiary/aromatic N) is 2. The Labute approximate surface area is 115 Å². The van der Waals surface area contributed by atoms with Gasteiger partial charge in [-0.15, -0.1) is 11.6 Å². The van der Waals surface area contributed by atoms with Crippen molar-refractivity contribution in [3.63, 3.8) is 0 Å². The number of hydrogen-bond donors (Lipinski definition) is 0.